The van der Waals surface area contributed by atoms with E-state index in [9.17, 15) is 9.18 Å². The molecule has 0 bridgehead atoms. The average Bonchev–Trinajstić information content (AvgIpc) is 2.62. The number of aromatic nitrogens is 1. The van der Waals surface area contributed by atoms with Crippen LogP contribution >= 0.6 is 0 Å². The highest BCUT2D eigenvalue weighted by Crippen LogP contribution is 2.34. The number of carbonyl (C=O) groups excluding carboxylic acids is 1. The Morgan fingerprint density at radius 2 is 1.91 bits per heavy atom. The smallest absolute Gasteiger partial charge is 0.269 e. The second-order valence-electron chi connectivity index (χ2n) is 5.80. The third-order valence-corrected chi connectivity index (χ3v) is 4.39. The van der Waals surface area contributed by atoms with Crippen LogP contribution in [0.15, 0.2) is 48.7 Å². The molecule has 120 valence electrons. The Morgan fingerprint density at radius 3 is 2.57 bits per heavy atom. The maximum absolute atomic E-state index is 13.2. The first kappa shape index (κ1) is 15.6. The minimum atomic E-state index is -0.256. The molecular formula is C18H19FN2O2. The van der Waals surface area contributed by atoms with Crippen LogP contribution in [0, 0.1) is 5.82 Å². The zero-order valence-corrected chi connectivity index (χ0v) is 12.8. The Bertz CT molecular complexity index is 652. The summed E-state index contributed by atoms with van der Waals surface area (Å²) in [6.45, 7) is 1.76. The van der Waals surface area contributed by atoms with E-state index in [2.05, 4.69) is 10.3 Å². The van der Waals surface area contributed by atoms with Gasteiger partial charge in [-0.2, -0.15) is 0 Å². The fourth-order valence-electron chi connectivity index (χ4n) is 2.97. The van der Waals surface area contributed by atoms with Gasteiger partial charge < -0.3 is 10.1 Å². The van der Waals surface area contributed by atoms with Gasteiger partial charge in [-0.15, -0.1) is 0 Å². The van der Waals surface area contributed by atoms with E-state index in [4.69, 9.17) is 4.74 Å². The molecule has 1 saturated heterocycles. The molecule has 1 N–H and O–H groups in total. The Balaban J connectivity index is 1.77. The van der Waals surface area contributed by atoms with Crippen LogP contribution in [-0.2, 0) is 10.2 Å². The lowest BCUT2D eigenvalue weighted by atomic mass is 9.74. The molecule has 4 nitrogen and oxygen atoms in total. The predicted molar refractivity (Wildman–Crippen MR) is 84.7 cm³/mol. The van der Waals surface area contributed by atoms with E-state index in [0.717, 1.165) is 18.4 Å². The largest absolute Gasteiger partial charge is 0.381 e. The molecule has 1 aromatic heterocycles. The van der Waals surface area contributed by atoms with Crippen LogP contribution in [0.4, 0.5) is 4.39 Å². The van der Waals surface area contributed by atoms with Gasteiger partial charge in [0, 0.05) is 31.4 Å². The minimum Gasteiger partial charge on any atom is -0.381 e. The number of nitrogens with one attached hydrogen (secondary N) is 1. The van der Waals surface area contributed by atoms with Crippen molar-refractivity contribution >= 4 is 5.91 Å². The third kappa shape index (κ3) is 3.56. The van der Waals surface area contributed by atoms with E-state index in [1.165, 1.54) is 12.1 Å². The van der Waals surface area contributed by atoms with Crippen LogP contribution in [0.2, 0.25) is 0 Å². The molecule has 23 heavy (non-hydrogen) atoms. The van der Waals surface area contributed by atoms with Crippen molar-refractivity contribution < 1.29 is 13.9 Å². The molecule has 1 aliphatic rings. The summed E-state index contributed by atoms with van der Waals surface area (Å²) in [7, 11) is 0. The van der Waals surface area contributed by atoms with Crippen LogP contribution < -0.4 is 5.32 Å². The monoisotopic (exact) mass is 314 g/mol. The number of pyridine rings is 1. The first-order valence-electron chi connectivity index (χ1n) is 7.73. The summed E-state index contributed by atoms with van der Waals surface area (Å²) in [5.74, 6) is -0.452. The van der Waals surface area contributed by atoms with Gasteiger partial charge in [0.25, 0.3) is 5.91 Å². The average molecular weight is 314 g/mol. The lowest BCUT2D eigenvalue weighted by Gasteiger charge is -2.38. The maximum atomic E-state index is 13.2. The van der Waals surface area contributed by atoms with E-state index < -0.39 is 0 Å². The SMILES string of the molecule is O=C(NCC1(c2ccc(F)cc2)CCOCC1)c1ccccn1. The van der Waals surface area contributed by atoms with E-state index in [1.54, 1.807) is 36.5 Å². The minimum absolute atomic E-state index is 0.196. The van der Waals surface area contributed by atoms with E-state index in [-0.39, 0.29) is 17.1 Å². The van der Waals surface area contributed by atoms with Crippen molar-refractivity contribution in [2.45, 2.75) is 18.3 Å². The van der Waals surface area contributed by atoms with Crippen LogP contribution in [0.5, 0.6) is 0 Å². The van der Waals surface area contributed by atoms with Gasteiger partial charge in [0.2, 0.25) is 0 Å². The molecule has 1 aromatic carbocycles. The van der Waals surface area contributed by atoms with Gasteiger partial charge in [-0.05, 0) is 42.7 Å². The van der Waals surface area contributed by atoms with Crippen molar-refractivity contribution in [2.75, 3.05) is 19.8 Å². The summed E-state index contributed by atoms with van der Waals surface area (Å²) in [5, 5.41) is 2.97. The second kappa shape index (κ2) is 6.87. The number of ether oxygens (including phenoxy) is 1. The van der Waals surface area contributed by atoms with Crippen molar-refractivity contribution in [3.63, 3.8) is 0 Å². The van der Waals surface area contributed by atoms with Crippen molar-refractivity contribution in [3.8, 4) is 0 Å². The molecule has 0 radical (unpaired) electrons. The number of hydrogen-bond acceptors (Lipinski definition) is 3. The summed E-state index contributed by atoms with van der Waals surface area (Å²) in [6, 6.07) is 11.8. The van der Waals surface area contributed by atoms with Gasteiger partial charge in [-0.3, -0.25) is 9.78 Å². The Hall–Kier alpha value is -2.27. The zero-order chi connectivity index (χ0) is 16.1. The molecule has 3 rings (SSSR count). The molecule has 2 heterocycles. The fourth-order valence-corrected chi connectivity index (χ4v) is 2.97. The van der Waals surface area contributed by atoms with Gasteiger partial charge in [-0.25, -0.2) is 4.39 Å². The number of nitrogens with zero attached hydrogens (tertiary/aromatic N) is 1. The molecule has 0 saturated carbocycles. The van der Waals surface area contributed by atoms with Crippen molar-refractivity contribution in [3.05, 3.63) is 65.7 Å². The Kier molecular flexibility index (Phi) is 4.67. The van der Waals surface area contributed by atoms with E-state index in [1.807, 2.05) is 0 Å². The van der Waals surface area contributed by atoms with Crippen molar-refractivity contribution in [1.82, 2.24) is 10.3 Å². The molecule has 0 aliphatic carbocycles. The second-order valence-corrected chi connectivity index (χ2v) is 5.80. The maximum Gasteiger partial charge on any atom is 0.269 e. The van der Waals surface area contributed by atoms with Crippen molar-refractivity contribution in [1.29, 1.82) is 0 Å². The van der Waals surface area contributed by atoms with Gasteiger partial charge in [-0.1, -0.05) is 18.2 Å². The van der Waals surface area contributed by atoms with Gasteiger partial charge in [0.15, 0.2) is 0 Å². The normalized spacial score (nSPS) is 16.7. The molecule has 1 fully saturated rings. The van der Waals surface area contributed by atoms with Crippen LogP contribution in [0.3, 0.4) is 0 Å². The first-order valence-corrected chi connectivity index (χ1v) is 7.73. The molecule has 0 unspecified atom stereocenters. The highest BCUT2D eigenvalue weighted by molar-refractivity contribution is 5.92. The summed E-state index contributed by atoms with van der Waals surface area (Å²) in [6.07, 6.45) is 3.18. The number of rotatable bonds is 4. The molecule has 2 aromatic rings. The molecule has 5 heteroatoms. The molecular weight excluding hydrogens is 295 g/mol. The number of benzene rings is 1. The van der Waals surface area contributed by atoms with Crippen LogP contribution in [0.25, 0.3) is 0 Å². The molecule has 0 atom stereocenters. The first-order chi connectivity index (χ1) is 11.2. The van der Waals surface area contributed by atoms with Crippen molar-refractivity contribution in [2.24, 2.45) is 0 Å². The third-order valence-electron chi connectivity index (χ3n) is 4.39. The molecule has 1 amide bonds. The van der Waals surface area contributed by atoms with Crippen LogP contribution in [-0.4, -0.2) is 30.6 Å². The summed E-state index contributed by atoms with van der Waals surface area (Å²) in [5.41, 5.74) is 1.20. The zero-order valence-electron chi connectivity index (χ0n) is 12.8. The topological polar surface area (TPSA) is 51.2 Å². The van der Waals surface area contributed by atoms with Crippen LogP contribution in [0.1, 0.15) is 28.9 Å². The lowest BCUT2D eigenvalue weighted by molar-refractivity contribution is 0.0486. The number of hydrogen-bond donors (Lipinski definition) is 1. The lowest BCUT2D eigenvalue weighted by Crippen LogP contribution is -2.44. The standard InChI is InChI=1S/C18H19FN2O2/c19-15-6-4-14(5-7-15)18(8-11-23-12-9-18)13-21-17(22)16-3-1-2-10-20-16/h1-7,10H,8-9,11-13H2,(H,21,22). The number of carbonyl (C=O) groups is 1. The van der Waals surface area contributed by atoms with Gasteiger partial charge >= 0.3 is 0 Å². The molecule has 0 spiro atoms. The summed E-state index contributed by atoms with van der Waals surface area (Å²) in [4.78, 5) is 16.3. The van der Waals surface area contributed by atoms with E-state index in [0.29, 0.717) is 25.5 Å². The summed E-state index contributed by atoms with van der Waals surface area (Å²) < 4.78 is 18.7. The Morgan fingerprint density at radius 1 is 1.17 bits per heavy atom. The number of amides is 1. The predicted octanol–water partition coefficient (Wildman–Crippen LogP) is 2.70. The highest BCUT2D eigenvalue weighted by Gasteiger charge is 2.35. The van der Waals surface area contributed by atoms with Gasteiger partial charge in [0.1, 0.15) is 11.5 Å². The van der Waals surface area contributed by atoms with Gasteiger partial charge in [0.05, 0.1) is 0 Å². The summed E-state index contributed by atoms with van der Waals surface area (Å²) >= 11 is 0. The quantitative estimate of drug-likeness (QED) is 0.944. The Labute approximate surface area is 134 Å². The van der Waals surface area contributed by atoms with E-state index >= 15 is 0 Å². The highest BCUT2D eigenvalue weighted by atomic mass is 19.1. The number of halogens is 1. The fraction of sp³-hybridized carbons (Fsp3) is 0.333. The molecule has 1 aliphatic heterocycles.